The number of aryl methyl sites for hydroxylation is 1. The third-order valence-corrected chi connectivity index (χ3v) is 3.36. The molecule has 1 aromatic carbocycles. The molecule has 0 aliphatic carbocycles. The number of carboxylic acid groups (broad SMARTS) is 1. The van der Waals surface area contributed by atoms with Gasteiger partial charge < -0.3 is 9.84 Å². The molecule has 0 atom stereocenters. The van der Waals surface area contributed by atoms with E-state index < -0.39 is 5.97 Å². The highest BCUT2D eigenvalue weighted by molar-refractivity contribution is 9.10. The van der Waals surface area contributed by atoms with Gasteiger partial charge in [-0.3, -0.25) is 0 Å². The molecule has 0 aliphatic heterocycles. The Balaban J connectivity index is 2.37. The number of pyridine rings is 1. The van der Waals surface area contributed by atoms with Crippen molar-refractivity contribution in [3.63, 3.8) is 0 Å². The van der Waals surface area contributed by atoms with Crippen molar-refractivity contribution in [1.82, 2.24) is 4.98 Å². The number of aromatic carboxylic acids is 1. The number of nitrogens with zero attached hydrogens (tertiary/aromatic N) is 1. The van der Waals surface area contributed by atoms with E-state index in [-0.39, 0.29) is 11.4 Å². The molecule has 0 fully saturated rings. The fraction of sp³-hybridized carbons (Fsp3) is 0.143. The molecular formula is C14H11BrClNO3. The van der Waals surface area contributed by atoms with E-state index in [9.17, 15) is 4.79 Å². The molecule has 0 radical (unpaired) electrons. The first-order chi connectivity index (χ1) is 9.49. The van der Waals surface area contributed by atoms with E-state index in [0.717, 1.165) is 4.47 Å². The second-order valence-corrected chi connectivity index (χ2v) is 5.34. The van der Waals surface area contributed by atoms with Crippen molar-refractivity contribution in [3.8, 4) is 11.6 Å². The molecular weight excluding hydrogens is 346 g/mol. The van der Waals surface area contributed by atoms with E-state index >= 15 is 0 Å². The Bertz CT molecular complexity index is 661. The maximum Gasteiger partial charge on any atom is 0.335 e. The quantitative estimate of drug-likeness (QED) is 0.873. The summed E-state index contributed by atoms with van der Waals surface area (Å²) in [6, 6.07) is 8.06. The molecule has 6 heteroatoms. The molecule has 0 saturated carbocycles. The first-order valence-corrected chi connectivity index (χ1v) is 7.04. The van der Waals surface area contributed by atoms with Gasteiger partial charge in [-0.15, -0.1) is 0 Å². The van der Waals surface area contributed by atoms with Crippen LogP contribution in [0.15, 0.2) is 34.8 Å². The molecule has 4 nitrogen and oxygen atoms in total. The van der Waals surface area contributed by atoms with E-state index in [1.165, 1.54) is 12.1 Å². The Kier molecular flexibility index (Phi) is 4.62. The van der Waals surface area contributed by atoms with Crippen LogP contribution in [-0.2, 0) is 6.42 Å². The number of hydrogen-bond acceptors (Lipinski definition) is 3. The predicted octanol–water partition coefficient (Wildman–Crippen LogP) is 4.55. The zero-order chi connectivity index (χ0) is 14.7. The predicted molar refractivity (Wildman–Crippen MR) is 79.8 cm³/mol. The maximum absolute atomic E-state index is 11.1. The van der Waals surface area contributed by atoms with Gasteiger partial charge in [0, 0.05) is 16.2 Å². The molecule has 2 rings (SSSR count). The summed E-state index contributed by atoms with van der Waals surface area (Å²) >= 11 is 9.36. The lowest BCUT2D eigenvalue weighted by Gasteiger charge is -2.09. The van der Waals surface area contributed by atoms with Crippen molar-refractivity contribution in [2.24, 2.45) is 0 Å². The SMILES string of the molecule is CCc1cc(C(=O)O)cc(Oc2ccc(Br)cc2Cl)n1. The van der Waals surface area contributed by atoms with Crippen LogP contribution in [0.1, 0.15) is 23.0 Å². The molecule has 0 saturated heterocycles. The fourth-order valence-corrected chi connectivity index (χ4v) is 2.30. The van der Waals surface area contributed by atoms with Crippen molar-refractivity contribution >= 4 is 33.5 Å². The highest BCUT2D eigenvalue weighted by Gasteiger charge is 2.11. The highest BCUT2D eigenvalue weighted by Crippen LogP contribution is 2.31. The van der Waals surface area contributed by atoms with Gasteiger partial charge in [0.05, 0.1) is 10.6 Å². The standard InChI is InChI=1S/C14H11BrClNO3/c1-2-10-5-8(14(18)19)6-13(17-10)20-12-4-3-9(15)7-11(12)16/h3-7H,2H2,1H3,(H,18,19). The molecule has 1 aromatic heterocycles. The minimum absolute atomic E-state index is 0.139. The summed E-state index contributed by atoms with van der Waals surface area (Å²) < 4.78 is 6.40. The lowest BCUT2D eigenvalue weighted by molar-refractivity contribution is 0.0696. The van der Waals surface area contributed by atoms with Crippen LogP contribution < -0.4 is 4.74 Å². The van der Waals surface area contributed by atoms with Gasteiger partial charge in [0.15, 0.2) is 0 Å². The third-order valence-electron chi connectivity index (χ3n) is 2.57. The molecule has 0 amide bonds. The largest absolute Gasteiger partial charge is 0.478 e. The second kappa shape index (κ2) is 6.24. The lowest BCUT2D eigenvalue weighted by atomic mass is 10.2. The molecule has 1 heterocycles. The number of rotatable bonds is 4. The van der Waals surface area contributed by atoms with Gasteiger partial charge in [-0.1, -0.05) is 34.5 Å². The normalized spacial score (nSPS) is 10.3. The number of carboxylic acids is 1. The smallest absolute Gasteiger partial charge is 0.335 e. The van der Waals surface area contributed by atoms with Crippen LogP contribution >= 0.6 is 27.5 Å². The fourth-order valence-electron chi connectivity index (χ4n) is 1.59. The molecule has 0 unspecified atom stereocenters. The van der Waals surface area contributed by atoms with Crippen molar-refractivity contribution in [3.05, 3.63) is 51.1 Å². The Morgan fingerprint density at radius 2 is 2.15 bits per heavy atom. The summed E-state index contributed by atoms with van der Waals surface area (Å²) in [6.07, 6.45) is 0.617. The Morgan fingerprint density at radius 1 is 1.40 bits per heavy atom. The van der Waals surface area contributed by atoms with Gasteiger partial charge in [-0.2, -0.15) is 0 Å². The van der Waals surface area contributed by atoms with Crippen LogP contribution in [0.2, 0.25) is 5.02 Å². The van der Waals surface area contributed by atoms with Crippen LogP contribution in [0.3, 0.4) is 0 Å². The highest BCUT2D eigenvalue weighted by atomic mass is 79.9. The van der Waals surface area contributed by atoms with Crippen LogP contribution in [0.4, 0.5) is 0 Å². The van der Waals surface area contributed by atoms with E-state index in [4.69, 9.17) is 21.4 Å². The van der Waals surface area contributed by atoms with Crippen LogP contribution in [0.5, 0.6) is 11.6 Å². The van der Waals surface area contributed by atoms with Crippen LogP contribution in [-0.4, -0.2) is 16.1 Å². The zero-order valence-corrected chi connectivity index (χ0v) is 12.9. The molecule has 20 heavy (non-hydrogen) atoms. The summed E-state index contributed by atoms with van der Waals surface area (Å²) in [4.78, 5) is 15.3. The van der Waals surface area contributed by atoms with Crippen LogP contribution in [0, 0.1) is 0 Å². The average molecular weight is 357 g/mol. The van der Waals surface area contributed by atoms with Crippen molar-refractivity contribution < 1.29 is 14.6 Å². The molecule has 0 aliphatic rings. The van der Waals surface area contributed by atoms with Gasteiger partial charge in [0.25, 0.3) is 0 Å². The number of carbonyl (C=O) groups is 1. The molecule has 0 bridgehead atoms. The van der Waals surface area contributed by atoms with Gasteiger partial charge in [-0.05, 0) is 30.7 Å². The molecule has 2 aromatic rings. The molecule has 1 N–H and O–H groups in total. The summed E-state index contributed by atoms with van der Waals surface area (Å²) in [5, 5.41) is 9.49. The minimum atomic E-state index is -1.02. The third kappa shape index (κ3) is 3.49. The van der Waals surface area contributed by atoms with Crippen molar-refractivity contribution in [2.45, 2.75) is 13.3 Å². The number of aromatic nitrogens is 1. The molecule has 104 valence electrons. The second-order valence-electron chi connectivity index (χ2n) is 4.02. The topological polar surface area (TPSA) is 59.4 Å². The summed E-state index contributed by atoms with van der Waals surface area (Å²) in [6.45, 7) is 1.89. The lowest BCUT2D eigenvalue weighted by Crippen LogP contribution is -2.01. The van der Waals surface area contributed by atoms with Gasteiger partial charge >= 0.3 is 5.97 Å². The first-order valence-electron chi connectivity index (χ1n) is 5.86. The Labute approximate surface area is 129 Å². The summed E-state index contributed by atoms with van der Waals surface area (Å²) in [5.74, 6) is -0.383. The van der Waals surface area contributed by atoms with E-state index in [1.807, 2.05) is 6.92 Å². The summed E-state index contributed by atoms with van der Waals surface area (Å²) in [7, 11) is 0. The van der Waals surface area contributed by atoms with Gasteiger partial charge in [0.1, 0.15) is 5.75 Å². The number of ether oxygens (including phenoxy) is 1. The van der Waals surface area contributed by atoms with Crippen LogP contribution in [0.25, 0.3) is 0 Å². The van der Waals surface area contributed by atoms with E-state index in [2.05, 4.69) is 20.9 Å². The number of benzene rings is 1. The Hall–Kier alpha value is -1.59. The average Bonchev–Trinajstić information content (AvgIpc) is 2.41. The Morgan fingerprint density at radius 3 is 2.75 bits per heavy atom. The number of hydrogen-bond donors (Lipinski definition) is 1. The number of halogens is 2. The summed E-state index contributed by atoms with van der Waals surface area (Å²) in [5.41, 5.74) is 0.785. The minimum Gasteiger partial charge on any atom is -0.478 e. The molecule has 0 spiro atoms. The van der Waals surface area contributed by atoms with E-state index in [0.29, 0.717) is 22.9 Å². The van der Waals surface area contributed by atoms with E-state index in [1.54, 1.807) is 18.2 Å². The van der Waals surface area contributed by atoms with Crippen molar-refractivity contribution in [1.29, 1.82) is 0 Å². The zero-order valence-electron chi connectivity index (χ0n) is 10.6. The van der Waals surface area contributed by atoms with Gasteiger partial charge in [0.2, 0.25) is 5.88 Å². The van der Waals surface area contributed by atoms with Crippen molar-refractivity contribution in [2.75, 3.05) is 0 Å². The monoisotopic (exact) mass is 355 g/mol. The maximum atomic E-state index is 11.1. The first kappa shape index (κ1) is 14.8. The van der Waals surface area contributed by atoms with Gasteiger partial charge in [-0.25, -0.2) is 9.78 Å².